The predicted molar refractivity (Wildman–Crippen MR) is 95.6 cm³/mol. The van der Waals surface area contributed by atoms with Crippen LogP contribution in [-0.2, 0) is 16.0 Å². The monoisotopic (exact) mass is 354 g/mol. The predicted octanol–water partition coefficient (Wildman–Crippen LogP) is 4.61. The second-order valence-corrected chi connectivity index (χ2v) is 5.86. The van der Waals surface area contributed by atoms with E-state index in [9.17, 15) is 9.18 Å². The van der Waals surface area contributed by atoms with Crippen molar-refractivity contribution in [3.8, 4) is 0 Å². The topological polar surface area (TPSA) is 68.3 Å². The summed E-state index contributed by atoms with van der Waals surface area (Å²) in [5.41, 5.74) is 3.68. The molecule has 6 nitrogen and oxygen atoms in total. The van der Waals surface area contributed by atoms with Crippen LogP contribution in [0.5, 0.6) is 0 Å². The molecule has 0 N–H and O–H groups in total. The van der Waals surface area contributed by atoms with Gasteiger partial charge in [0.05, 0.1) is 24.4 Å². The molecule has 0 atom stereocenters. The molecule has 3 aromatic rings. The Morgan fingerprint density at radius 2 is 2.04 bits per heavy atom. The van der Waals surface area contributed by atoms with Gasteiger partial charge in [0.15, 0.2) is 5.82 Å². The quantitative estimate of drug-likeness (QED) is 0.496. The SMILES string of the molecule is CCOC(=O)Cc1nc2ccc(F)cn2c1N=Nc1cccc(C)c1C. The van der Waals surface area contributed by atoms with Crippen LogP contribution in [-0.4, -0.2) is 22.0 Å². The van der Waals surface area contributed by atoms with Crippen LogP contribution in [0.25, 0.3) is 5.65 Å². The molecule has 0 aliphatic carbocycles. The number of imidazole rings is 1. The van der Waals surface area contributed by atoms with Crippen LogP contribution in [0, 0.1) is 19.7 Å². The first-order chi connectivity index (χ1) is 12.5. The number of ether oxygens (including phenoxy) is 1. The third-order valence-corrected chi connectivity index (χ3v) is 4.07. The summed E-state index contributed by atoms with van der Waals surface area (Å²) in [4.78, 5) is 16.2. The summed E-state index contributed by atoms with van der Waals surface area (Å²) in [6.45, 7) is 5.96. The third-order valence-electron chi connectivity index (χ3n) is 4.07. The Hall–Kier alpha value is -3.09. The second kappa shape index (κ2) is 7.43. The maximum atomic E-state index is 13.7. The highest BCUT2D eigenvalue weighted by Crippen LogP contribution is 2.27. The Bertz CT molecular complexity index is 995. The van der Waals surface area contributed by atoms with Crippen LogP contribution < -0.4 is 0 Å². The van der Waals surface area contributed by atoms with Crippen molar-refractivity contribution in [2.45, 2.75) is 27.2 Å². The van der Waals surface area contributed by atoms with Gasteiger partial charge in [0.25, 0.3) is 0 Å². The Kier molecular flexibility index (Phi) is 5.06. The number of aryl methyl sites for hydroxylation is 1. The number of rotatable bonds is 5. The summed E-state index contributed by atoms with van der Waals surface area (Å²) in [5.74, 6) is -0.534. The fourth-order valence-corrected chi connectivity index (χ4v) is 2.57. The lowest BCUT2D eigenvalue weighted by Crippen LogP contribution is -2.07. The highest BCUT2D eigenvalue weighted by Gasteiger charge is 2.17. The first kappa shape index (κ1) is 17.7. The van der Waals surface area contributed by atoms with Crippen molar-refractivity contribution in [2.24, 2.45) is 10.2 Å². The Morgan fingerprint density at radius 3 is 2.81 bits per heavy atom. The zero-order chi connectivity index (χ0) is 18.7. The summed E-state index contributed by atoms with van der Waals surface area (Å²) in [7, 11) is 0. The van der Waals surface area contributed by atoms with Crippen LogP contribution in [0.1, 0.15) is 23.7 Å². The maximum Gasteiger partial charge on any atom is 0.312 e. The molecule has 0 radical (unpaired) electrons. The molecule has 0 spiro atoms. The fourth-order valence-electron chi connectivity index (χ4n) is 2.57. The van der Waals surface area contributed by atoms with E-state index in [1.54, 1.807) is 6.92 Å². The molecule has 7 heteroatoms. The van der Waals surface area contributed by atoms with Crippen molar-refractivity contribution in [3.63, 3.8) is 0 Å². The van der Waals surface area contributed by atoms with Crippen molar-refractivity contribution in [1.29, 1.82) is 0 Å². The number of aromatic nitrogens is 2. The molecule has 26 heavy (non-hydrogen) atoms. The van der Waals surface area contributed by atoms with Crippen LogP contribution >= 0.6 is 0 Å². The normalized spacial score (nSPS) is 11.4. The van der Waals surface area contributed by atoms with E-state index in [-0.39, 0.29) is 13.0 Å². The van der Waals surface area contributed by atoms with Gasteiger partial charge in [-0.3, -0.25) is 9.20 Å². The van der Waals surface area contributed by atoms with Gasteiger partial charge in [-0.1, -0.05) is 12.1 Å². The lowest BCUT2D eigenvalue weighted by molar-refractivity contribution is -0.142. The Balaban J connectivity index is 2.06. The Labute approximate surface area is 150 Å². The molecule has 2 aromatic heterocycles. The van der Waals surface area contributed by atoms with Gasteiger partial charge in [-0.05, 0) is 50.1 Å². The molecule has 1 aromatic carbocycles. The van der Waals surface area contributed by atoms with Crippen molar-refractivity contribution in [2.75, 3.05) is 6.61 Å². The number of carbonyl (C=O) groups excluding carboxylic acids is 1. The lowest BCUT2D eigenvalue weighted by Gasteiger charge is -2.03. The number of carbonyl (C=O) groups is 1. The van der Waals surface area contributed by atoms with E-state index in [0.29, 0.717) is 22.8 Å². The lowest BCUT2D eigenvalue weighted by atomic mass is 10.1. The third kappa shape index (κ3) is 3.61. The zero-order valence-corrected chi connectivity index (χ0v) is 14.9. The molecule has 0 aliphatic rings. The molecule has 0 saturated carbocycles. The first-order valence-corrected chi connectivity index (χ1v) is 8.29. The van der Waals surface area contributed by atoms with E-state index in [4.69, 9.17) is 4.74 Å². The minimum atomic E-state index is -0.430. The van der Waals surface area contributed by atoms with E-state index in [2.05, 4.69) is 15.2 Å². The van der Waals surface area contributed by atoms with E-state index >= 15 is 0 Å². The van der Waals surface area contributed by atoms with Gasteiger partial charge in [-0.25, -0.2) is 9.37 Å². The molecule has 0 bridgehead atoms. The number of benzene rings is 1. The highest BCUT2D eigenvalue weighted by atomic mass is 19.1. The summed E-state index contributed by atoms with van der Waals surface area (Å²) >= 11 is 0. The van der Waals surface area contributed by atoms with Gasteiger partial charge in [0.2, 0.25) is 0 Å². The van der Waals surface area contributed by atoms with Crippen molar-refractivity contribution < 1.29 is 13.9 Å². The van der Waals surface area contributed by atoms with E-state index in [1.165, 1.54) is 22.7 Å². The van der Waals surface area contributed by atoms with E-state index in [0.717, 1.165) is 11.1 Å². The van der Waals surface area contributed by atoms with Crippen LogP contribution in [0.3, 0.4) is 0 Å². The van der Waals surface area contributed by atoms with Crippen molar-refractivity contribution in [1.82, 2.24) is 9.38 Å². The number of esters is 1. The smallest absolute Gasteiger partial charge is 0.312 e. The standard InChI is InChI=1S/C19H19FN4O2/c1-4-26-18(25)10-16-19(24-11-14(20)8-9-17(24)21-16)23-22-15-7-5-6-12(2)13(15)3/h5-9,11H,4,10H2,1-3H3. The summed E-state index contributed by atoms with van der Waals surface area (Å²) in [6, 6.07) is 8.57. The van der Waals surface area contributed by atoms with Gasteiger partial charge >= 0.3 is 5.97 Å². The van der Waals surface area contributed by atoms with Crippen LogP contribution in [0.15, 0.2) is 46.8 Å². The molecule has 134 valence electrons. The fraction of sp³-hybridized carbons (Fsp3) is 0.263. The number of fused-ring (bicyclic) bond motifs is 1. The number of hydrogen-bond donors (Lipinski definition) is 0. The number of halogens is 1. The first-order valence-electron chi connectivity index (χ1n) is 8.29. The van der Waals surface area contributed by atoms with Crippen molar-refractivity contribution in [3.05, 3.63) is 59.2 Å². The summed E-state index contributed by atoms with van der Waals surface area (Å²) < 4.78 is 20.1. The average molecular weight is 354 g/mol. The Morgan fingerprint density at radius 1 is 1.23 bits per heavy atom. The molecular weight excluding hydrogens is 335 g/mol. The molecule has 0 unspecified atom stereocenters. The van der Waals surface area contributed by atoms with Crippen LogP contribution in [0.4, 0.5) is 15.9 Å². The van der Waals surface area contributed by atoms with Gasteiger partial charge in [0.1, 0.15) is 11.5 Å². The minimum Gasteiger partial charge on any atom is -0.466 e. The van der Waals surface area contributed by atoms with E-state index in [1.807, 2.05) is 32.0 Å². The minimum absolute atomic E-state index is 0.0573. The number of pyridine rings is 1. The van der Waals surface area contributed by atoms with E-state index < -0.39 is 11.8 Å². The van der Waals surface area contributed by atoms with Crippen LogP contribution in [0.2, 0.25) is 0 Å². The highest BCUT2D eigenvalue weighted by molar-refractivity contribution is 5.74. The summed E-state index contributed by atoms with van der Waals surface area (Å²) in [5, 5.41) is 8.56. The van der Waals surface area contributed by atoms with Gasteiger partial charge in [-0.15, -0.1) is 10.2 Å². The molecule has 0 saturated heterocycles. The average Bonchev–Trinajstić information content (AvgIpc) is 2.93. The largest absolute Gasteiger partial charge is 0.466 e. The summed E-state index contributed by atoms with van der Waals surface area (Å²) in [6.07, 6.45) is 1.22. The number of nitrogens with zero attached hydrogens (tertiary/aromatic N) is 4. The molecular formula is C19H19FN4O2. The van der Waals surface area contributed by atoms with Gasteiger partial charge in [-0.2, -0.15) is 0 Å². The molecule has 3 rings (SSSR count). The zero-order valence-electron chi connectivity index (χ0n) is 14.9. The van der Waals surface area contributed by atoms with Gasteiger partial charge < -0.3 is 4.74 Å². The number of hydrogen-bond acceptors (Lipinski definition) is 5. The molecule has 2 heterocycles. The molecule has 0 fully saturated rings. The van der Waals surface area contributed by atoms with Gasteiger partial charge in [0, 0.05) is 6.20 Å². The molecule has 0 amide bonds. The van der Waals surface area contributed by atoms with Crippen molar-refractivity contribution >= 4 is 23.1 Å². The number of azo groups is 1. The molecule has 0 aliphatic heterocycles. The maximum absolute atomic E-state index is 13.7. The second-order valence-electron chi connectivity index (χ2n) is 5.86.